The van der Waals surface area contributed by atoms with Crippen molar-refractivity contribution in [2.24, 2.45) is 0 Å². The van der Waals surface area contributed by atoms with Gasteiger partial charge >= 0.3 is 16.3 Å². The number of amides is 1. The van der Waals surface area contributed by atoms with E-state index < -0.39 is 22.3 Å². The molecule has 0 bridgehead atoms. The highest BCUT2D eigenvalue weighted by atomic mass is 32.2. The number of aliphatic hydroxyl groups excluding tert-OH is 1. The third-order valence-corrected chi connectivity index (χ3v) is 2.61. The second kappa shape index (κ2) is 6.59. The Morgan fingerprint density at radius 3 is 2.47 bits per heavy atom. The van der Waals surface area contributed by atoms with Crippen LogP contribution in [-0.4, -0.2) is 38.9 Å². The molecule has 7 nitrogen and oxygen atoms in total. The van der Waals surface area contributed by atoms with Crippen molar-refractivity contribution in [3.05, 3.63) is 0 Å². The van der Waals surface area contributed by atoms with Crippen LogP contribution in [0.15, 0.2) is 0 Å². The quantitative estimate of drug-likeness (QED) is 0.571. The van der Waals surface area contributed by atoms with Crippen molar-refractivity contribution >= 4 is 16.3 Å². The molecule has 1 amide bonds. The van der Waals surface area contributed by atoms with Crippen molar-refractivity contribution in [3.63, 3.8) is 0 Å². The van der Waals surface area contributed by atoms with Crippen LogP contribution in [0.1, 0.15) is 20.3 Å². The monoisotopic (exact) mass is 240 g/mol. The smallest absolute Gasteiger partial charge is 0.421 e. The van der Waals surface area contributed by atoms with E-state index in [0.717, 1.165) is 0 Å². The van der Waals surface area contributed by atoms with Crippen molar-refractivity contribution in [2.45, 2.75) is 26.3 Å². The minimum absolute atomic E-state index is 0.0819. The molecule has 0 heterocycles. The Balaban J connectivity index is 4.24. The number of hydrogen-bond acceptors (Lipinski definition) is 5. The first kappa shape index (κ1) is 14.1. The van der Waals surface area contributed by atoms with E-state index in [-0.39, 0.29) is 13.2 Å². The zero-order valence-corrected chi connectivity index (χ0v) is 9.50. The Hall–Kier alpha value is -0.860. The highest BCUT2D eigenvalue weighted by Gasteiger charge is 2.18. The molecule has 0 unspecified atom stereocenters. The summed E-state index contributed by atoms with van der Waals surface area (Å²) in [4.78, 5) is 10.8. The lowest BCUT2D eigenvalue weighted by Gasteiger charge is -2.14. The number of hydrogen-bond donors (Lipinski definition) is 3. The highest BCUT2D eigenvalue weighted by molar-refractivity contribution is 7.88. The first-order valence-electron chi connectivity index (χ1n) is 4.52. The maximum atomic E-state index is 11.2. The molecule has 0 radical (unpaired) electrons. The molecule has 0 aliphatic rings. The van der Waals surface area contributed by atoms with Gasteiger partial charge in [-0.25, -0.2) is 9.52 Å². The molecule has 8 heteroatoms. The molecular formula is C7H16N2O5S. The molecule has 90 valence electrons. The molecule has 0 saturated carbocycles. The number of carbonyl (C=O) groups excluding carboxylic acids is 1. The normalized spacial score (nSPS) is 13.3. The molecule has 0 saturated heterocycles. The highest BCUT2D eigenvalue weighted by Crippen LogP contribution is 1.92. The number of ether oxygens (including phenoxy) is 1. The fourth-order valence-corrected chi connectivity index (χ4v) is 1.79. The van der Waals surface area contributed by atoms with E-state index in [9.17, 15) is 13.2 Å². The third kappa shape index (κ3) is 6.26. The summed E-state index contributed by atoms with van der Waals surface area (Å²) in [6.45, 7) is 3.01. The van der Waals surface area contributed by atoms with Gasteiger partial charge in [-0.1, -0.05) is 6.92 Å². The molecule has 0 aromatic heterocycles. The van der Waals surface area contributed by atoms with E-state index in [1.807, 2.05) is 0 Å². The standard InChI is InChI=1S/C7H16N2O5S/c1-3-6(5-10)8-15(12,13)9-7(11)14-4-2/h6,8,10H,3-5H2,1-2H3,(H,9,11)/t6-/m0/s1. The number of nitrogens with one attached hydrogen (secondary N) is 2. The summed E-state index contributed by atoms with van der Waals surface area (Å²) in [6.07, 6.45) is -0.627. The predicted octanol–water partition coefficient (Wildman–Crippen LogP) is -0.662. The van der Waals surface area contributed by atoms with Crippen LogP contribution in [0, 0.1) is 0 Å². The van der Waals surface area contributed by atoms with Gasteiger partial charge in [-0.2, -0.15) is 13.1 Å². The van der Waals surface area contributed by atoms with Gasteiger partial charge in [0.1, 0.15) is 0 Å². The first-order chi connectivity index (χ1) is 6.95. The van der Waals surface area contributed by atoms with Crippen LogP contribution < -0.4 is 9.44 Å². The van der Waals surface area contributed by atoms with Crippen molar-refractivity contribution in [2.75, 3.05) is 13.2 Å². The first-order valence-corrected chi connectivity index (χ1v) is 6.01. The fraction of sp³-hybridized carbons (Fsp3) is 0.857. The summed E-state index contributed by atoms with van der Waals surface area (Å²) in [7, 11) is -3.96. The van der Waals surface area contributed by atoms with Gasteiger partial charge in [0.15, 0.2) is 0 Å². The molecule has 15 heavy (non-hydrogen) atoms. The lowest BCUT2D eigenvalue weighted by molar-refractivity contribution is 0.158. The van der Waals surface area contributed by atoms with Gasteiger partial charge in [-0.15, -0.1) is 0 Å². The van der Waals surface area contributed by atoms with Gasteiger partial charge in [0.2, 0.25) is 0 Å². The summed E-state index contributed by atoms with van der Waals surface area (Å²) >= 11 is 0. The predicted molar refractivity (Wildman–Crippen MR) is 53.4 cm³/mol. The Bertz CT molecular complexity index is 286. The minimum Gasteiger partial charge on any atom is -0.449 e. The van der Waals surface area contributed by atoms with Crippen LogP contribution in [0.4, 0.5) is 4.79 Å². The Morgan fingerprint density at radius 2 is 2.07 bits per heavy atom. The van der Waals surface area contributed by atoms with Crippen molar-refractivity contribution in [1.82, 2.24) is 9.44 Å². The van der Waals surface area contributed by atoms with Gasteiger partial charge in [0.25, 0.3) is 0 Å². The summed E-state index contributed by atoms with van der Waals surface area (Å²) in [6, 6.07) is -0.614. The fourth-order valence-electron chi connectivity index (χ4n) is 0.769. The summed E-state index contributed by atoms with van der Waals surface area (Å²) in [5.74, 6) is 0. The maximum absolute atomic E-state index is 11.2. The van der Waals surface area contributed by atoms with E-state index in [4.69, 9.17) is 5.11 Å². The third-order valence-electron chi connectivity index (χ3n) is 1.53. The zero-order chi connectivity index (χ0) is 11.9. The summed E-state index contributed by atoms with van der Waals surface area (Å²) in [5.41, 5.74) is 0. The largest absolute Gasteiger partial charge is 0.449 e. The zero-order valence-electron chi connectivity index (χ0n) is 8.69. The molecule has 0 aromatic rings. The molecule has 0 aliphatic carbocycles. The van der Waals surface area contributed by atoms with Gasteiger partial charge in [-0.05, 0) is 13.3 Å². The van der Waals surface area contributed by atoms with E-state index in [2.05, 4.69) is 9.46 Å². The molecule has 0 spiro atoms. The Kier molecular flexibility index (Phi) is 6.21. The molecule has 3 N–H and O–H groups in total. The average molecular weight is 240 g/mol. The van der Waals surface area contributed by atoms with Gasteiger partial charge < -0.3 is 9.84 Å². The van der Waals surface area contributed by atoms with E-state index in [0.29, 0.717) is 6.42 Å². The number of rotatable bonds is 6. The maximum Gasteiger partial charge on any atom is 0.421 e. The second-order valence-corrected chi connectivity index (χ2v) is 4.18. The minimum atomic E-state index is -3.96. The van der Waals surface area contributed by atoms with Crippen LogP contribution in [0.2, 0.25) is 0 Å². The molecule has 0 aromatic carbocycles. The lowest BCUT2D eigenvalue weighted by atomic mass is 10.3. The molecule has 1 atom stereocenters. The van der Waals surface area contributed by atoms with Gasteiger partial charge in [0.05, 0.1) is 13.2 Å². The van der Waals surface area contributed by atoms with Crippen molar-refractivity contribution < 1.29 is 23.1 Å². The SMILES string of the molecule is CCOC(=O)NS(=O)(=O)N[C@@H](CC)CO. The number of aliphatic hydroxyl groups is 1. The number of carbonyl (C=O) groups is 1. The van der Waals surface area contributed by atoms with Crippen molar-refractivity contribution in [3.8, 4) is 0 Å². The van der Waals surface area contributed by atoms with E-state index in [1.165, 1.54) is 0 Å². The topological polar surface area (TPSA) is 105 Å². The average Bonchev–Trinajstić information content (AvgIpc) is 2.13. The molecular weight excluding hydrogens is 224 g/mol. The van der Waals surface area contributed by atoms with Crippen LogP contribution in [0.5, 0.6) is 0 Å². The van der Waals surface area contributed by atoms with E-state index in [1.54, 1.807) is 18.6 Å². The summed E-state index contributed by atoms with van der Waals surface area (Å²) in [5, 5.41) is 8.76. The van der Waals surface area contributed by atoms with Crippen LogP contribution in [-0.2, 0) is 14.9 Å². The van der Waals surface area contributed by atoms with Crippen LogP contribution >= 0.6 is 0 Å². The Labute approximate surface area is 89.0 Å². The second-order valence-electron chi connectivity index (χ2n) is 2.73. The van der Waals surface area contributed by atoms with Crippen LogP contribution in [0.25, 0.3) is 0 Å². The lowest BCUT2D eigenvalue weighted by Crippen LogP contribution is -2.46. The summed E-state index contributed by atoms with van der Waals surface area (Å²) < 4.78 is 30.6. The van der Waals surface area contributed by atoms with E-state index >= 15 is 0 Å². The van der Waals surface area contributed by atoms with Gasteiger partial charge in [-0.3, -0.25) is 0 Å². The van der Waals surface area contributed by atoms with Gasteiger partial charge in [0, 0.05) is 6.04 Å². The van der Waals surface area contributed by atoms with Crippen LogP contribution in [0.3, 0.4) is 0 Å². The molecule has 0 rings (SSSR count). The Morgan fingerprint density at radius 1 is 1.47 bits per heavy atom. The van der Waals surface area contributed by atoms with Crippen molar-refractivity contribution in [1.29, 1.82) is 0 Å². The molecule has 0 fully saturated rings. The molecule has 0 aliphatic heterocycles.